The maximum atomic E-state index is 12.0. The van der Waals surface area contributed by atoms with Crippen LogP contribution in [0.2, 0.25) is 5.02 Å². The van der Waals surface area contributed by atoms with Gasteiger partial charge in [-0.3, -0.25) is 8.78 Å². The van der Waals surface area contributed by atoms with E-state index in [0.29, 0.717) is 14.4 Å². The molecule has 0 aliphatic rings. The molecule has 0 radical (unpaired) electrons. The van der Waals surface area contributed by atoms with Gasteiger partial charge in [0, 0.05) is 12.3 Å². The van der Waals surface area contributed by atoms with E-state index in [9.17, 15) is 17.6 Å². The fourth-order valence-electron chi connectivity index (χ4n) is 0.572. The highest BCUT2D eigenvalue weighted by Crippen LogP contribution is 2.06. The van der Waals surface area contributed by atoms with Gasteiger partial charge >= 0.3 is 0 Å². The van der Waals surface area contributed by atoms with Crippen molar-refractivity contribution in [1.29, 1.82) is 0 Å². The molecule has 0 fully saturated rings. The molecule has 0 aliphatic carbocycles. The van der Waals surface area contributed by atoms with E-state index in [0.717, 1.165) is 12.7 Å². The van der Waals surface area contributed by atoms with E-state index in [1.165, 1.54) is 18.5 Å². The van der Waals surface area contributed by atoms with Crippen LogP contribution < -0.4 is 0 Å². The minimum Gasteiger partial charge on any atom is -0.255 e. The van der Waals surface area contributed by atoms with Crippen molar-refractivity contribution in [2.45, 2.75) is 27.7 Å². The summed E-state index contributed by atoms with van der Waals surface area (Å²) in [6.07, 6.45) is 4.81. The molecule has 0 spiro atoms. The van der Waals surface area contributed by atoms with Gasteiger partial charge in [-0.2, -0.15) is 8.78 Å². The SMILES string of the molecule is CC.CC.CF.CF.Fc1ccncn1.Fc1ncncc1Cl. The van der Waals surface area contributed by atoms with Crippen molar-refractivity contribution in [2.75, 3.05) is 14.4 Å². The van der Waals surface area contributed by atoms with Gasteiger partial charge in [0.25, 0.3) is 0 Å². The van der Waals surface area contributed by atoms with Crippen molar-refractivity contribution in [3.8, 4) is 0 Å². The molecule has 2 aromatic rings. The molecule has 9 heteroatoms. The first-order chi connectivity index (χ1) is 11.2. The Morgan fingerprint density at radius 3 is 1.52 bits per heavy atom. The maximum Gasteiger partial charge on any atom is 0.234 e. The van der Waals surface area contributed by atoms with Crippen molar-refractivity contribution in [1.82, 2.24) is 19.9 Å². The molecule has 2 rings (SSSR count). The van der Waals surface area contributed by atoms with Gasteiger partial charge in [-0.05, 0) is 0 Å². The van der Waals surface area contributed by atoms with Gasteiger partial charge in [-0.25, -0.2) is 19.9 Å². The van der Waals surface area contributed by atoms with E-state index >= 15 is 0 Å². The molecule has 4 nitrogen and oxygen atoms in total. The number of nitrogens with zero attached hydrogens (tertiary/aromatic N) is 4. The summed E-state index contributed by atoms with van der Waals surface area (Å²) in [5.41, 5.74) is 0. The predicted octanol–water partition coefficient (Wildman–Crippen LogP) is 5.11. The molecule has 0 saturated carbocycles. The number of alkyl halides is 2. The van der Waals surface area contributed by atoms with Crippen LogP contribution in [0.25, 0.3) is 0 Å². The zero-order valence-electron chi connectivity index (χ0n) is 14.1. The van der Waals surface area contributed by atoms with Crippen LogP contribution in [0.3, 0.4) is 0 Å². The summed E-state index contributed by atoms with van der Waals surface area (Å²) in [6, 6.07) is 1.19. The van der Waals surface area contributed by atoms with Gasteiger partial charge in [0.05, 0.1) is 20.6 Å². The summed E-state index contributed by atoms with van der Waals surface area (Å²) in [4.78, 5) is 13.3. The molecule has 0 atom stereocenters. The van der Waals surface area contributed by atoms with E-state index in [2.05, 4.69) is 19.9 Å². The van der Waals surface area contributed by atoms with Crippen LogP contribution in [-0.4, -0.2) is 34.3 Å². The summed E-state index contributed by atoms with van der Waals surface area (Å²) in [5, 5.41) is -0.0486. The number of rotatable bonds is 0. The lowest BCUT2D eigenvalue weighted by Gasteiger charge is -1.85. The van der Waals surface area contributed by atoms with Crippen LogP contribution in [0.4, 0.5) is 17.6 Å². The first-order valence-corrected chi connectivity index (χ1v) is 6.86. The fourth-order valence-corrected chi connectivity index (χ4v) is 0.677. The van der Waals surface area contributed by atoms with Crippen molar-refractivity contribution in [3.63, 3.8) is 0 Å². The molecular formula is C14H23ClF4N4. The van der Waals surface area contributed by atoms with E-state index < -0.39 is 11.9 Å². The van der Waals surface area contributed by atoms with Crippen LogP contribution >= 0.6 is 11.6 Å². The van der Waals surface area contributed by atoms with Gasteiger partial charge in [-0.1, -0.05) is 39.3 Å². The van der Waals surface area contributed by atoms with Gasteiger partial charge in [0.1, 0.15) is 17.7 Å². The highest BCUT2D eigenvalue weighted by Gasteiger charge is 1.94. The molecule has 0 unspecified atom stereocenters. The Hall–Kier alpha value is -1.83. The second-order valence-corrected chi connectivity index (χ2v) is 2.60. The standard InChI is InChI=1S/C4H2ClFN2.C4H3FN2.2C2H6.2CH3F/c5-3-1-7-2-8-4(3)6;5-4-1-2-6-3-7-4;4*1-2/h1-2H;1-3H;2*1-2H3;2*1H3. The molecule has 0 amide bonds. The largest absolute Gasteiger partial charge is 0.255 e. The monoisotopic (exact) mass is 358 g/mol. The second-order valence-electron chi connectivity index (χ2n) is 2.19. The van der Waals surface area contributed by atoms with E-state index in [-0.39, 0.29) is 5.02 Å². The molecule has 0 aromatic carbocycles. The molecule has 0 N–H and O–H groups in total. The smallest absolute Gasteiger partial charge is 0.234 e. The lowest BCUT2D eigenvalue weighted by atomic mass is 10.7. The normalized spacial score (nSPS) is 6.91. The zero-order valence-corrected chi connectivity index (χ0v) is 14.8. The van der Waals surface area contributed by atoms with Crippen molar-refractivity contribution in [2.24, 2.45) is 0 Å². The van der Waals surface area contributed by atoms with Crippen LogP contribution in [0, 0.1) is 11.9 Å². The Morgan fingerprint density at radius 1 is 0.826 bits per heavy atom. The Labute approximate surface area is 140 Å². The molecule has 0 aliphatic heterocycles. The fraction of sp³-hybridized carbons (Fsp3) is 0.429. The van der Waals surface area contributed by atoms with Gasteiger partial charge < -0.3 is 0 Å². The van der Waals surface area contributed by atoms with Crippen LogP contribution in [-0.2, 0) is 0 Å². The minimum absolute atomic E-state index is 0.0486. The Kier molecular flexibility index (Phi) is 36.0. The van der Waals surface area contributed by atoms with E-state index in [4.69, 9.17) is 11.6 Å². The number of hydrogen-bond acceptors (Lipinski definition) is 4. The van der Waals surface area contributed by atoms with Crippen molar-refractivity contribution in [3.05, 3.63) is 48.0 Å². The summed E-state index contributed by atoms with van der Waals surface area (Å²) in [6.45, 7) is 8.00. The predicted molar refractivity (Wildman–Crippen MR) is 85.8 cm³/mol. The van der Waals surface area contributed by atoms with Gasteiger partial charge in [0.15, 0.2) is 0 Å². The third-order valence-electron chi connectivity index (χ3n) is 1.17. The third-order valence-corrected chi connectivity index (χ3v) is 1.42. The van der Waals surface area contributed by atoms with Crippen LogP contribution in [0.15, 0.2) is 31.1 Å². The maximum absolute atomic E-state index is 12.0. The molecule has 134 valence electrons. The van der Waals surface area contributed by atoms with Gasteiger partial charge in [0.2, 0.25) is 11.9 Å². The summed E-state index contributed by atoms with van der Waals surface area (Å²) in [5.74, 6) is -1.17. The van der Waals surface area contributed by atoms with Crippen LogP contribution in [0.5, 0.6) is 0 Å². The molecule has 0 bridgehead atoms. The zero-order chi connectivity index (χ0) is 19.1. The minimum atomic E-state index is -0.679. The number of halogens is 5. The lowest BCUT2D eigenvalue weighted by molar-refractivity contribution is 0.579. The molecule has 23 heavy (non-hydrogen) atoms. The highest BCUT2D eigenvalue weighted by atomic mass is 35.5. The average molecular weight is 359 g/mol. The first-order valence-electron chi connectivity index (χ1n) is 6.48. The molecule has 2 aromatic heterocycles. The summed E-state index contributed by atoms with van der Waals surface area (Å²) >= 11 is 5.21. The van der Waals surface area contributed by atoms with Crippen LogP contribution in [0.1, 0.15) is 27.7 Å². The Bertz CT molecular complexity index is 402. The number of hydrogen-bond donors (Lipinski definition) is 0. The lowest BCUT2D eigenvalue weighted by Crippen LogP contribution is -1.82. The third kappa shape index (κ3) is 22.6. The van der Waals surface area contributed by atoms with Crippen molar-refractivity contribution < 1.29 is 17.6 Å². The number of aromatic nitrogens is 4. The summed E-state index contributed by atoms with van der Waals surface area (Å²) < 4.78 is 42.8. The molecule has 0 saturated heterocycles. The van der Waals surface area contributed by atoms with E-state index in [1.807, 2.05) is 27.7 Å². The Morgan fingerprint density at radius 2 is 1.30 bits per heavy atom. The topological polar surface area (TPSA) is 51.6 Å². The molecular weight excluding hydrogens is 336 g/mol. The van der Waals surface area contributed by atoms with E-state index in [1.54, 1.807) is 0 Å². The average Bonchev–Trinajstić information content (AvgIpc) is 2.66. The molecule has 2 heterocycles. The van der Waals surface area contributed by atoms with Crippen molar-refractivity contribution >= 4 is 11.6 Å². The second kappa shape index (κ2) is 28.3. The van der Waals surface area contributed by atoms with Gasteiger partial charge in [-0.15, -0.1) is 0 Å². The Balaban J connectivity index is -0.000000110. The highest BCUT2D eigenvalue weighted by molar-refractivity contribution is 6.30. The quantitative estimate of drug-likeness (QED) is 0.485. The first kappa shape index (κ1) is 29.2. The summed E-state index contributed by atoms with van der Waals surface area (Å²) in [7, 11) is 1.00.